The molecule has 0 bridgehead atoms. The Morgan fingerprint density at radius 3 is 2.55 bits per heavy atom. The second-order valence-corrected chi connectivity index (χ2v) is 5.47. The van der Waals surface area contributed by atoms with Crippen LogP contribution in [0.4, 0.5) is 0 Å². The molecule has 0 saturated heterocycles. The van der Waals surface area contributed by atoms with E-state index in [4.69, 9.17) is 0 Å². The van der Waals surface area contributed by atoms with Crippen LogP contribution >= 0.6 is 0 Å². The van der Waals surface area contributed by atoms with Gasteiger partial charge in [0.15, 0.2) is 0 Å². The van der Waals surface area contributed by atoms with Crippen molar-refractivity contribution in [1.82, 2.24) is 14.9 Å². The van der Waals surface area contributed by atoms with Gasteiger partial charge >= 0.3 is 0 Å². The van der Waals surface area contributed by atoms with E-state index >= 15 is 0 Å². The molecule has 2 aromatic rings. The first kappa shape index (κ1) is 15.9. The minimum atomic E-state index is -0.0553. The molecule has 116 valence electrons. The molecule has 0 atom stereocenters. The molecule has 0 radical (unpaired) electrons. The summed E-state index contributed by atoms with van der Waals surface area (Å²) in [6.07, 6.45) is 1.87. The molecule has 5 heteroatoms. The molecule has 1 N–H and O–H groups in total. The number of aryl methyl sites for hydroxylation is 2. The van der Waals surface area contributed by atoms with Gasteiger partial charge in [0, 0.05) is 24.3 Å². The number of carbonyl (C=O) groups is 1. The first-order valence-electron chi connectivity index (χ1n) is 7.32. The molecule has 5 nitrogen and oxygen atoms in total. The van der Waals surface area contributed by atoms with Crippen molar-refractivity contribution in [3.8, 4) is 0 Å². The van der Waals surface area contributed by atoms with Gasteiger partial charge in [0.05, 0.1) is 12.7 Å². The largest absolute Gasteiger partial charge is 0.354 e. The first-order chi connectivity index (χ1) is 10.5. The molecule has 0 spiro atoms. The van der Waals surface area contributed by atoms with E-state index in [9.17, 15) is 9.59 Å². The Bertz CT molecular complexity index is 718. The minimum absolute atomic E-state index is 0.0475. The molecule has 0 aliphatic carbocycles. The summed E-state index contributed by atoms with van der Waals surface area (Å²) in [6, 6.07) is 7.88. The van der Waals surface area contributed by atoms with Crippen LogP contribution in [0.25, 0.3) is 0 Å². The average molecular weight is 299 g/mol. The van der Waals surface area contributed by atoms with Crippen molar-refractivity contribution in [2.45, 2.75) is 33.7 Å². The van der Waals surface area contributed by atoms with E-state index in [0.29, 0.717) is 25.1 Å². The quantitative estimate of drug-likeness (QED) is 0.910. The van der Waals surface area contributed by atoms with Gasteiger partial charge in [-0.25, -0.2) is 4.98 Å². The van der Waals surface area contributed by atoms with Gasteiger partial charge in [0.25, 0.3) is 5.56 Å². The Kier molecular flexibility index (Phi) is 5.09. The van der Waals surface area contributed by atoms with E-state index in [1.807, 2.05) is 38.1 Å². The van der Waals surface area contributed by atoms with Crippen LogP contribution in [-0.2, 0) is 17.8 Å². The lowest BCUT2D eigenvalue weighted by Crippen LogP contribution is -2.32. The maximum atomic E-state index is 12.0. The molecular weight excluding hydrogens is 278 g/mol. The molecule has 1 aromatic carbocycles. The fourth-order valence-electron chi connectivity index (χ4n) is 2.10. The summed E-state index contributed by atoms with van der Waals surface area (Å²) in [5, 5.41) is 2.83. The van der Waals surface area contributed by atoms with Crippen LogP contribution in [0, 0.1) is 20.8 Å². The normalized spacial score (nSPS) is 10.5. The van der Waals surface area contributed by atoms with Crippen molar-refractivity contribution < 1.29 is 4.79 Å². The van der Waals surface area contributed by atoms with Crippen molar-refractivity contribution in [2.24, 2.45) is 0 Å². The number of hydrogen-bond acceptors (Lipinski definition) is 3. The lowest BCUT2D eigenvalue weighted by Gasteiger charge is -2.09. The van der Waals surface area contributed by atoms with Crippen LogP contribution in [0.5, 0.6) is 0 Å². The molecule has 1 heterocycles. The summed E-state index contributed by atoms with van der Waals surface area (Å²) in [7, 11) is 0. The Morgan fingerprint density at radius 1 is 1.18 bits per heavy atom. The van der Waals surface area contributed by atoms with Crippen LogP contribution in [0.2, 0.25) is 0 Å². The van der Waals surface area contributed by atoms with Gasteiger partial charge in [-0.2, -0.15) is 0 Å². The maximum Gasteiger partial charge on any atom is 0.256 e. The molecule has 1 amide bonds. The highest BCUT2D eigenvalue weighted by molar-refractivity contribution is 5.78. The highest BCUT2D eigenvalue weighted by Crippen LogP contribution is 2.03. The van der Waals surface area contributed by atoms with Gasteiger partial charge in [-0.1, -0.05) is 29.8 Å². The van der Waals surface area contributed by atoms with Gasteiger partial charge in [0.1, 0.15) is 0 Å². The molecule has 0 saturated carbocycles. The lowest BCUT2D eigenvalue weighted by molar-refractivity contribution is -0.120. The van der Waals surface area contributed by atoms with E-state index in [1.165, 1.54) is 16.5 Å². The summed E-state index contributed by atoms with van der Waals surface area (Å²) in [6.45, 7) is 6.42. The van der Waals surface area contributed by atoms with Crippen molar-refractivity contribution in [1.29, 1.82) is 0 Å². The van der Waals surface area contributed by atoms with Gasteiger partial charge in [-0.15, -0.1) is 0 Å². The number of carbonyl (C=O) groups excluding carboxylic acids is 1. The average Bonchev–Trinajstić information content (AvgIpc) is 2.49. The molecule has 0 aliphatic heterocycles. The Hall–Kier alpha value is -2.43. The second kappa shape index (κ2) is 7.02. The molecule has 1 aromatic heterocycles. The van der Waals surface area contributed by atoms with Crippen molar-refractivity contribution >= 4 is 5.91 Å². The number of nitrogens with one attached hydrogen (secondary N) is 1. The van der Waals surface area contributed by atoms with Gasteiger partial charge < -0.3 is 5.32 Å². The minimum Gasteiger partial charge on any atom is -0.354 e. The molecule has 22 heavy (non-hydrogen) atoms. The van der Waals surface area contributed by atoms with Crippen LogP contribution in [0.15, 0.2) is 35.4 Å². The summed E-state index contributed by atoms with van der Waals surface area (Å²) < 4.78 is 1.52. The fraction of sp³-hybridized carbons (Fsp3) is 0.353. The molecule has 0 fully saturated rings. The predicted molar refractivity (Wildman–Crippen MR) is 85.9 cm³/mol. The zero-order chi connectivity index (χ0) is 16.1. The van der Waals surface area contributed by atoms with Crippen molar-refractivity contribution in [3.63, 3.8) is 0 Å². The summed E-state index contributed by atoms with van der Waals surface area (Å²) in [4.78, 5) is 28.0. The number of benzene rings is 1. The van der Waals surface area contributed by atoms with Gasteiger partial charge in [-0.05, 0) is 26.3 Å². The lowest BCUT2D eigenvalue weighted by atomic mass is 10.1. The molecular formula is C17H21N3O2. The number of aromatic nitrogens is 2. The summed E-state index contributed by atoms with van der Waals surface area (Å²) >= 11 is 0. The van der Waals surface area contributed by atoms with Crippen LogP contribution in [-0.4, -0.2) is 22.0 Å². The third-order valence-corrected chi connectivity index (χ3v) is 3.68. The Labute approximate surface area is 130 Å². The number of amides is 1. The van der Waals surface area contributed by atoms with E-state index < -0.39 is 0 Å². The standard InChI is InChI=1S/C17H21N3O2/c1-12-4-6-15(7-5-12)10-16(21)18-8-9-20-11-19-14(3)13(2)17(20)22/h4-7,11H,8-10H2,1-3H3,(H,18,21). The maximum absolute atomic E-state index is 12.0. The van der Waals surface area contributed by atoms with E-state index in [-0.39, 0.29) is 11.5 Å². The topological polar surface area (TPSA) is 64.0 Å². The Morgan fingerprint density at radius 2 is 1.86 bits per heavy atom. The molecule has 0 unspecified atom stereocenters. The second-order valence-electron chi connectivity index (χ2n) is 5.47. The zero-order valence-corrected chi connectivity index (χ0v) is 13.2. The molecule has 0 aliphatic rings. The van der Waals surface area contributed by atoms with Crippen LogP contribution < -0.4 is 10.9 Å². The number of rotatable bonds is 5. The van der Waals surface area contributed by atoms with Crippen molar-refractivity contribution in [3.05, 3.63) is 63.3 Å². The predicted octanol–water partition coefficient (Wildman–Crippen LogP) is 1.53. The third kappa shape index (κ3) is 4.04. The smallest absolute Gasteiger partial charge is 0.256 e. The van der Waals surface area contributed by atoms with E-state index in [0.717, 1.165) is 11.3 Å². The molecule has 2 rings (SSSR count). The number of nitrogens with zero attached hydrogens (tertiary/aromatic N) is 2. The fourth-order valence-corrected chi connectivity index (χ4v) is 2.10. The third-order valence-electron chi connectivity index (χ3n) is 3.68. The zero-order valence-electron chi connectivity index (χ0n) is 13.2. The summed E-state index contributed by atoms with van der Waals surface area (Å²) in [5.41, 5.74) is 3.48. The first-order valence-corrected chi connectivity index (χ1v) is 7.32. The van der Waals surface area contributed by atoms with Crippen LogP contribution in [0.1, 0.15) is 22.4 Å². The van der Waals surface area contributed by atoms with E-state index in [2.05, 4.69) is 10.3 Å². The van der Waals surface area contributed by atoms with Crippen LogP contribution in [0.3, 0.4) is 0 Å². The highest BCUT2D eigenvalue weighted by atomic mass is 16.1. The van der Waals surface area contributed by atoms with Crippen molar-refractivity contribution in [2.75, 3.05) is 6.54 Å². The van der Waals surface area contributed by atoms with Gasteiger partial charge in [0.2, 0.25) is 5.91 Å². The Balaban J connectivity index is 1.86. The summed E-state index contributed by atoms with van der Waals surface area (Å²) in [5.74, 6) is -0.0475. The SMILES string of the molecule is Cc1ccc(CC(=O)NCCn2cnc(C)c(C)c2=O)cc1. The monoisotopic (exact) mass is 299 g/mol. The van der Waals surface area contributed by atoms with Gasteiger partial charge in [-0.3, -0.25) is 14.2 Å². The highest BCUT2D eigenvalue weighted by Gasteiger charge is 2.05. The van der Waals surface area contributed by atoms with E-state index in [1.54, 1.807) is 6.92 Å². The number of hydrogen-bond donors (Lipinski definition) is 1.